The number of hydrogen-bond donors (Lipinski definition) is 2. The van der Waals surface area contributed by atoms with Gasteiger partial charge in [-0.1, -0.05) is 79.9 Å². The van der Waals surface area contributed by atoms with E-state index in [4.69, 9.17) is 4.74 Å². The van der Waals surface area contributed by atoms with Crippen LogP contribution in [-0.4, -0.2) is 54.4 Å². The predicted octanol–water partition coefficient (Wildman–Crippen LogP) is 4.78. The van der Waals surface area contributed by atoms with E-state index in [1.165, 1.54) is 11.3 Å². The number of thiazole rings is 1. The van der Waals surface area contributed by atoms with Gasteiger partial charge in [0.15, 0.2) is 5.13 Å². The van der Waals surface area contributed by atoms with Gasteiger partial charge in [-0.2, -0.15) is 0 Å². The van der Waals surface area contributed by atoms with Gasteiger partial charge in [0.05, 0.1) is 24.8 Å². The molecule has 1 heterocycles. The summed E-state index contributed by atoms with van der Waals surface area (Å²) >= 11 is 1.27. The number of nitrogens with one attached hydrogen (secondary N) is 2. The summed E-state index contributed by atoms with van der Waals surface area (Å²) in [6.45, 7) is 0.691. The molecule has 0 spiro atoms. The number of ether oxygens (including phenoxy) is 1. The molecule has 1 fully saturated rings. The van der Waals surface area contributed by atoms with Crippen LogP contribution in [0.15, 0.2) is 66.0 Å². The number of aromatic nitrogens is 1. The van der Waals surface area contributed by atoms with E-state index < -0.39 is 0 Å². The molecule has 9 heteroatoms. The molecule has 40 heavy (non-hydrogen) atoms. The Bertz CT molecular complexity index is 1230. The van der Waals surface area contributed by atoms with Crippen molar-refractivity contribution >= 4 is 34.2 Å². The van der Waals surface area contributed by atoms with Crippen molar-refractivity contribution in [2.45, 2.75) is 51.0 Å². The highest BCUT2D eigenvalue weighted by atomic mass is 32.1. The summed E-state index contributed by atoms with van der Waals surface area (Å²) in [7, 11) is 1.58. The van der Waals surface area contributed by atoms with Crippen LogP contribution >= 0.6 is 11.3 Å². The molecule has 1 saturated carbocycles. The largest absolute Gasteiger partial charge is 0.383 e. The van der Waals surface area contributed by atoms with Crippen LogP contribution in [0.5, 0.6) is 0 Å². The van der Waals surface area contributed by atoms with Gasteiger partial charge in [-0.05, 0) is 30.4 Å². The molecule has 4 rings (SSSR count). The standard InChI is InChI=1S/C31H38N4O4S/c1-39-18-17-35(30(38)25-15-9-4-10-16-25)21-29(37)34-31-32-26(22-40-31)20-28(36)33-27(24-13-7-3-8-14-24)19-23-11-5-2-6-12-23/h2-3,5-8,11-14,22,25,27H,4,9-10,15-21H2,1H3,(H,33,36)(H,32,34,37). The minimum absolute atomic E-state index is 0.0203. The van der Waals surface area contributed by atoms with Crippen LogP contribution in [0.1, 0.15) is 55.0 Å². The molecular weight excluding hydrogens is 524 g/mol. The first-order valence-electron chi connectivity index (χ1n) is 13.9. The molecule has 3 aromatic rings. The Morgan fingerprint density at radius 3 is 2.40 bits per heavy atom. The van der Waals surface area contributed by atoms with Gasteiger partial charge in [-0.15, -0.1) is 11.3 Å². The topological polar surface area (TPSA) is 101 Å². The molecule has 3 amide bonds. The van der Waals surface area contributed by atoms with Crippen LogP contribution in [0, 0.1) is 5.92 Å². The first-order chi connectivity index (χ1) is 19.5. The van der Waals surface area contributed by atoms with Gasteiger partial charge in [-0.3, -0.25) is 14.4 Å². The van der Waals surface area contributed by atoms with Crippen LogP contribution in [-0.2, 0) is 32.0 Å². The second-order valence-electron chi connectivity index (χ2n) is 10.2. The fourth-order valence-corrected chi connectivity index (χ4v) is 5.78. The lowest BCUT2D eigenvalue weighted by molar-refractivity contribution is -0.139. The smallest absolute Gasteiger partial charge is 0.245 e. The van der Waals surface area contributed by atoms with Crippen molar-refractivity contribution in [2.24, 2.45) is 5.92 Å². The third-order valence-electron chi connectivity index (χ3n) is 7.13. The zero-order valence-corrected chi connectivity index (χ0v) is 23.8. The summed E-state index contributed by atoms with van der Waals surface area (Å²) in [4.78, 5) is 44.9. The SMILES string of the molecule is COCCN(CC(=O)Nc1nc(CC(=O)NC(Cc2ccccc2)c2ccccc2)cs1)C(=O)C1CCCCC1. The zero-order valence-electron chi connectivity index (χ0n) is 23.0. The Morgan fingerprint density at radius 1 is 1.00 bits per heavy atom. The molecular formula is C31H38N4O4S. The van der Waals surface area contributed by atoms with Crippen molar-refractivity contribution in [3.05, 3.63) is 82.9 Å². The number of rotatable bonds is 13. The monoisotopic (exact) mass is 562 g/mol. The van der Waals surface area contributed by atoms with E-state index in [-0.39, 0.29) is 42.6 Å². The Hall–Kier alpha value is -3.56. The molecule has 0 bridgehead atoms. The predicted molar refractivity (Wildman–Crippen MR) is 157 cm³/mol. The summed E-state index contributed by atoms with van der Waals surface area (Å²) in [5, 5.41) is 8.14. The Labute approximate surface area is 240 Å². The van der Waals surface area contributed by atoms with E-state index >= 15 is 0 Å². The highest BCUT2D eigenvalue weighted by molar-refractivity contribution is 7.13. The third kappa shape index (κ3) is 8.99. The van der Waals surface area contributed by atoms with E-state index in [0.717, 1.165) is 43.2 Å². The average Bonchev–Trinajstić information content (AvgIpc) is 3.42. The molecule has 2 N–H and O–H groups in total. The maximum atomic E-state index is 13.1. The number of hydrogen-bond acceptors (Lipinski definition) is 6. The highest BCUT2D eigenvalue weighted by Gasteiger charge is 2.27. The Kier molecular flexibility index (Phi) is 11.2. The van der Waals surface area contributed by atoms with Gasteiger partial charge >= 0.3 is 0 Å². The molecule has 1 atom stereocenters. The minimum atomic E-state index is -0.308. The van der Waals surface area contributed by atoms with Gasteiger partial charge in [0, 0.05) is 25.0 Å². The zero-order chi connectivity index (χ0) is 28.2. The van der Waals surface area contributed by atoms with Crippen LogP contribution in [0.25, 0.3) is 0 Å². The number of anilines is 1. The number of amides is 3. The number of carbonyl (C=O) groups excluding carboxylic acids is 3. The average molecular weight is 563 g/mol. The van der Waals surface area contributed by atoms with E-state index in [0.29, 0.717) is 30.4 Å². The number of benzene rings is 2. The van der Waals surface area contributed by atoms with Crippen LogP contribution in [0.4, 0.5) is 5.13 Å². The molecule has 1 aliphatic rings. The molecule has 1 unspecified atom stereocenters. The highest BCUT2D eigenvalue weighted by Crippen LogP contribution is 2.26. The first-order valence-corrected chi connectivity index (χ1v) is 14.8. The lowest BCUT2D eigenvalue weighted by Gasteiger charge is -2.28. The first kappa shape index (κ1) is 29.4. The van der Waals surface area contributed by atoms with Crippen LogP contribution in [0.3, 0.4) is 0 Å². The Morgan fingerprint density at radius 2 is 1.70 bits per heavy atom. The van der Waals surface area contributed by atoms with Crippen molar-refractivity contribution in [3.63, 3.8) is 0 Å². The summed E-state index contributed by atoms with van der Waals surface area (Å²) in [6, 6.07) is 19.8. The normalized spacial score (nSPS) is 14.3. The van der Waals surface area contributed by atoms with Gasteiger partial charge in [0.2, 0.25) is 17.7 Å². The van der Waals surface area contributed by atoms with Gasteiger partial charge in [0.1, 0.15) is 6.54 Å². The molecule has 0 radical (unpaired) electrons. The summed E-state index contributed by atoms with van der Waals surface area (Å²) in [5.41, 5.74) is 2.75. The maximum absolute atomic E-state index is 13.1. The molecule has 0 saturated heterocycles. The maximum Gasteiger partial charge on any atom is 0.245 e. The molecule has 212 valence electrons. The molecule has 1 aliphatic carbocycles. The second kappa shape index (κ2) is 15.3. The third-order valence-corrected chi connectivity index (χ3v) is 7.93. The lowest BCUT2D eigenvalue weighted by Crippen LogP contribution is -2.43. The fraction of sp³-hybridized carbons (Fsp3) is 0.419. The van der Waals surface area contributed by atoms with Crippen molar-refractivity contribution < 1.29 is 19.1 Å². The fourth-order valence-electron chi connectivity index (χ4n) is 5.05. The number of nitrogens with zero attached hydrogens (tertiary/aromatic N) is 2. The number of carbonyl (C=O) groups is 3. The quantitative estimate of drug-likeness (QED) is 0.312. The number of methoxy groups -OCH3 is 1. The molecule has 1 aromatic heterocycles. The van der Waals surface area contributed by atoms with Crippen LogP contribution < -0.4 is 10.6 Å². The van der Waals surface area contributed by atoms with Crippen LogP contribution in [0.2, 0.25) is 0 Å². The van der Waals surface area contributed by atoms with Crippen molar-refractivity contribution in [1.82, 2.24) is 15.2 Å². The second-order valence-corrected chi connectivity index (χ2v) is 11.0. The van der Waals surface area contributed by atoms with E-state index in [2.05, 4.69) is 27.8 Å². The van der Waals surface area contributed by atoms with Crippen molar-refractivity contribution in [1.29, 1.82) is 0 Å². The van der Waals surface area contributed by atoms with Crippen molar-refractivity contribution in [3.8, 4) is 0 Å². The minimum Gasteiger partial charge on any atom is -0.383 e. The van der Waals surface area contributed by atoms with Gasteiger partial charge in [0.25, 0.3) is 0 Å². The lowest BCUT2D eigenvalue weighted by atomic mass is 9.88. The van der Waals surface area contributed by atoms with Gasteiger partial charge in [-0.25, -0.2) is 4.98 Å². The molecule has 0 aliphatic heterocycles. The van der Waals surface area contributed by atoms with Gasteiger partial charge < -0.3 is 20.3 Å². The summed E-state index contributed by atoms with van der Waals surface area (Å²) < 4.78 is 5.16. The Balaban J connectivity index is 1.32. The van der Waals surface area contributed by atoms with E-state index in [1.54, 1.807) is 17.4 Å². The van der Waals surface area contributed by atoms with Crippen molar-refractivity contribution in [2.75, 3.05) is 32.1 Å². The summed E-state index contributed by atoms with van der Waals surface area (Å²) in [6.07, 6.45) is 5.78. The molecule has 8 nitrogen and oxygen atoms in total. The van der Waals surface area contributed by atoms with E-state index in [9.17, 15) is 14.4 Å². The summed E-state index contributed by atoms with van der Waals surface area (Å²) in [5.74, 6) is -0.453. The molecule has 2 aromatic carbocycles. The van der Waals surface area contributed by atoms with E-state index in [1.807, 2.05) is 48.5 Å².